The van der Waals surface area contributed by atoms with Crippen molar-refractivity contribution in [2.45, 2.75) is 19.4 Å². The van der Waals surface area contributed by atoms with Crippen LogP contribution in [0.25, 0.3) is 0 Å². The largest absolute Gasteiger partial charge is 0.313 e. The third-order valence-corrected chi connectivity index (χ3v) is 3.47. The van der Waals surface area contributed by atoms with Crippen LogP contribution < -0.4 is 5.32 Å². The highest BCUT2D eigenvalue weighted by atomic mass is 32.1. The number of hydrogen-bond acceptors (Lipinski definition) is 4. The summed E-state index contributed by atoms with van der Waals surface area (Å²) < 4.78 is 0. The van der Waals surface area contributed by atoms with E-state index in [2.05, 4.69) is 22.2 Å². The first-order valence-electron chi connectivity index (χ1n) is 5.27. The van der Waals surface area contributed by atoms with Crippen LogP contribution in [0.3, 0.4) is 0 Å². The van der Waals surface area contributed by atoms with Crippen LogP contribution in [0.2, 0.25) is 0 Å². The number of likely N-dealkylation sites (N-methyl/N-ethyl adjacent to an activating group) is 1. The molecule has 0 saturated heterocycles. The third-order valence-electron chi connectivity index (χ3n) is 2.67. The minimum absolute atomic E-state index is 0.292. The Morgan fingerprint density at radius 3 is 2.94 bits per heavy atom. The number of thiazole rings is 1. The van der Waals surface area contributed by atoms with Crippen molar-refractivity contribution in [2.75, 3.05) is 7.05 Å². The zero-order valence-electron chi connectivity index (χ0n) is 9.47. The number of aromatic nitrogens is 2. The molecule has 0 aliphatic carbocycles. The number of nitrogens with zero attached hydrogens (tertiary/aromatic N) is 2. The van der Waals surface area contributed by atoms with Crippen molar-refractivity contribution in [1.82, 2.24) is 15.3 Å². The van der Waals surface area contributed by atoms with Crippen LogP contribution >= 0.6 is 11.3 Å². The van der Waals surface area contributed by atoms with E-state index in [0.29, 0.717) is 6.04 Å². The van der Waals surface area contributed by atoms with Crippen LogP contribution in [-0.4, -0.2) is 17.0 Å². The van der Waals surface area contributed by atoms with Gasteiger partial charge in [0.15, 0.2) is 0 Å². The lowest BCUT2D eigenvalue weighted by molar-refractivity contribution is 0.585. The molecule has 2 aromatic heterocycles. The van der Waals surface area contributed by atoms with Gasteiger partial charge in [0, 0.05) is 36.4 Å². The van der Waals surface area contributed by atoms with Crippen LogP contribution in [-0.2, 0) is 6.42 Å². The molecule has 1 N–H and O–H groups in total. The van der Waals surface area contributed by atoms with Gasteiger partial charge in [-0.15, -0.1) is 11.3 Å². The molecule has 0 aliphatic heterocycles. The Bertz CT molecular complexity index is 439. The molecule has 0 saturated carbocycles. The Morgan fingerprint density at radius 1 is 1.44 bits per heavy atom. The Labute approximate surface area is 99.6 Å². The molecule has 2 aromatic rings. The van der Waals surface area contributed by atoms with Crippen molar-refractivity contribution in [3.8, 4) is 0 Å². The lowest BCUT2D eigenvalue weighted by Crippen LogP contribution is -2.19. The normalized spacial score (nSPS) is 12.6. The zero-order valence-corrected chi connectivity index (χ0v) is 10.3. The highest BCUT2D eigenvalue weighted by molar-refractivity contribution is 7.09. The topological polar surface area (TPSA) is 37.8 Å². The number of aryl methyl sites for hydroxylation is 1. The van der Waals surface area contributed by atoms with Crippen molar-refractivity contribution in [2.24, 2.45) is 0 Å². The summed E-state index contributed by atoms with van der Waals surface area (Å²) in [5.41, 5.74) is 2.52. The Morgan fingerprint density at radius 2 is 2.31 bits per heavy atom. The molecule has 0 aliphatic rings. The zero-order chi connectivity index (χ0) is 11.4. The molecule has 0 aromatic carbocycles. The summed E-state index contributed by atoms with van der Waals surface area (Å²) >= 11 is 1.70. The molecule has 16 heavy (non-hydrogen) atoms. The smallest absolute Gasteiger partial charge is 0.0943 e. The molecule has 0 radical (unpaired) electrons. The summed E-state index contributed by atoms with van der Waals surface area (Å²) in [5, 5.41) is 6.49. The van der Waals surface area contributed by atoms with E-state index in [0.717, 1.165) is 11.4 Å². The van der Waals surface area contributed by atoms with Gasteiger partial charge < -0.3 is 5.32 Å². The Balaban J connectivity index is 2.20. The van der Waals surface area contributed by atoms with Crippen LogP contribution in [0.1, 0.15) is 22.2 Å². The second-order valence-corrected chi connectivity index (χ2v) is 4.68. The first-order chi connectivity index (χ1) is 7.81. The van der Waals surface area contributed by atoms with Gasteiger partial charge in [-0.2, -0.15) is 0 Å². The molecule has 0 fully saturated rings. The Hall–Kier alpha value is -1.26. The van der Waals surface area contributed by atoms with Gasteiger partial charge in [-0.25, -0.2) is 4.98 Å². The summed E-state index contributed by atoms with van der Waals surface area (Å²) in [6.45, 7) is 2.11. The molecule has 0 amide bonds. The fraction of sp³-hybridized carbons (Fsp3) is 0.333. The SMILES string of the molecule is CNC(Cc1nccs1)c1cnccc1C. The Kier molecular flexibility index (Phi) is 3.64. The second-order valence-electron chi connectivity index (χ2n) is 3.70. The van der Waals surface area contributed by atoms with Gasteiger partial charge in [0.2, 0.25) is 0 Å². The average molecular weight is 233 g/mol. The molecule has 3 nitrogen and oxygen atoms in total. The van der Waals surface area contributed by atoms with E-state index in [1.165, 1.54) is 11.1 Å². The van der Waals surface area contributed by atoms with E-state index in [9.17, 15) is 0 Å². The summed E-state index contributed by atoms with van der Waals surface area (Å²) in [6.07, 6.45) is 6.53. The quantitative estimate of drug-likeness (QED) is 0.881. The van der Waals surface area contributed by atoms with E-state index in [4.69, 9.17) is 0 Å². The van der Waals surface area contributed by atoms with Crippen LogP contribution in [0.5, 0.6) is 0 Å². The molecule has 2 rings (SSSR count). The first-order valence-corrected chi connectivity index (χ1v) is 6.15. The van der Waals surface area contributed by atoms with E-state index in [1.54, 1.807) is 11.3 Å². The first kappa shape index (κ1) is 11.2. The summed E-state index contributed by atoms with van der Waals surface area (Å²) in [4.78, 5) is 8.50. The van der Waals surface area contributed by atoms with Gasteiger partial charge in [0.05, 0.1) is 5.01 Å². The molecule has 1 atom stereocenters. The molecule has 0 bridgehead atoms. The number of nitrogens with one attached hydrogen (secondary N) is 1. The highest BCUT2D eigenvalue weighted by Gasteiger charge is 2.13. The van der Waals surface area contributed by atoms with Gasteiger partial charge in [-0.1, -0.05) is 0 Å². The molecule has 0 spiro atoms. The average Bonchev–Trinajstić information content (AvgIpc) is 2.80. The maximum absolute atomic E-state index is 4.32. The van der Waals surface area contributed by atoms with Crippen molar-refractivity contribution in [1.29, 1.82) is 0 Å². The van der Waals surface area contributed by atoms with Gasteiger partial charge in [-0.05, 0) is 31.2 Å². The minimum atomic E-state index is 0.292. The van der Waals surface area contributed by atoms with E-state index >= 15 is 0 Å². The predicted molar refractivity (Wildman–Crippen MR) is 66.6 cm³/mol. The molecule has 2 heterocycles. The van der Waals surface area contributed by atoms with E-state index < -0.39 is 0 Å². The number of pyridine rings is 1. The van der Waals surface area contributed by atoms with Crippen LogP contribution in [0.15, 0.2) is 30.0 Å². The van der Waals surface area contributed by atoms with E-state index in [-0.39, 0.29) is 0 Å². The molecular formula is C12H15N3S. The maximum atomic E-state index is 4.32. The highest BCUT2D eigenvalue weighted by Crippen LogP contribution is 2.21. The minimum Gasteiger partial charge on any atom is -0.313 e. The predicted octanol–water partition coefficient (Wildman–Crippen LogP) is 2.35. The maximum Gasteiger partial charge on any atom is 0.0943 e. The standard InChI is InChI=1S/C12H15N3S/c1-9-3-4-14-8-10(9)11(13-2)7-12-15-5-6-16-12/h3-6,8,11,13H,7H2,1-2H3. The van der Waals surface area contributed by atoms with E-state index in [1.807, 2.05) is 37.1 Å². The number of rotatable bonds is 4. The van der Waals surface area contributed by atoms with Crippen molar-refractivity contribution >= 4 is 11.3 Å². The second kappa shape index (κ2) is 5.18. The van der Waals surface area contributed by atoms with Crippen LogP contribution in [0.4, 0.5) is 0 Å². The summed E-state index contributed by atoms with van der Waals surface area (Å²) in [5.74, 6) is 0. The molecule has 4 heteroatoms. The number of hydrogen-bond donors (Lipinski definition) is 1. The van der Waals surface area contributed by atoms with Gasteiger partial charge in [0.25, 0.3) is 0 Å². The summed E-state index contributed by atoms with van der Waals surface area (Å²) in [7, 11) is 1.98. The summed E-state index contributed by atoms with van der Waals surface area (Å²) in [6, 6.07) is 2.33. The molecular weight excluding hydrogens is 218 g/mol. The molecule has 84 valence electrons. The molecule has 1 unspecified atom stereocenters. The fourth-order valence-electron chi connectivity index (χ4n) is 1.74. The third kappa shape index (κ3) is 2.46. The fourth-order valence-corrected chi connectivity index (χ4v) is 2.40. The lowest BCUT2D eigenvalue weighted by atomic mass is 10.0. The monoisotopic (exact) mass is 233 g/mol. The van der Waals surface area contributed by atoms with Gasteiger partial charge in [-0.3, -0.25) is 4.98 Å². The van der Waals surface area contributed by atoms with Crippen molar-refractivity contribution in [3.05, 3.63) is 46.2 Å². The van der Waals surface area contributed by atoms with Gasteiger partial charge in [0.1, 0.15) is 0 Å². The van der Waals surface area contributed by atoms with Crippen molar-refractivity contribution < 1.29 is 0 Å². The van der Waals surface area contributed by atoms with Gasteiger partial charge >= 0.3 is 0 Å². The van der Waals surface area contributed by atoms with Crippen LogP contribution in [0, 0.1) is 6.92 Å². The lowest BCUT2D eigenvalue weighted by Gasteiger charge is -2.16. The van der Waals surface area contributed by atoms with Crippen molar-refractivity contribution in [3.63, 3.8) is 0 Å².